The molecule has 0 saturated carbocycles. The Labute approximate surface area is 165 Å². The number of carbonyl (C=O) groups is 4. The Morgan fingerprint density at radius 2 is 1.21 bits per heavy atom. The van der Waals surface area contributed by atoms with Gasteiger partial charge in [-0.25, -0.2) is 4.79 Å². The van der Waals surface area contributed by atoms with E-state index in [4.69, 9.17) is 5.73 Å². The first-order valence-corrected chi connectivity index (χ1v) is 9.33. The Kier molecular flexibility index (Phi) is 10.7. The molecule has 7 N–H and O–H groups in total. The lowest BCUT2D eigenvalue weighted by molar-refractivity contribution is -0.144. The van der Waals surface area contributed by atoms with E-state index in [1.54, 1.807) is 41.5 Å². The third-order valence-corrected chi connectivity index (χ3v) is 4.31. The van der Waals surface area contributed by atoms with Gasteiger partial charge in [0, 0.05) is 0 Å². The fourth-order valence-electron chi connectivity index (χ4n) is 2.31. The number of rotatable bonds is 11. The van der Waals surface area contributed by atoms with Crippen molar-refractivity contribution >= 4 is 23.7 Å². The topological polar surface area (TPSA) is 171 Å². The minimum atomic E-state index is -1.29. The lowest BCUT2D eigenvalue weighted by Crippen LogP contribution is -2.60. The number of carbonyl (C=O) groups excluding carboxylic acids is 3. The van der Waals surface area contributed by atoms with E-state index in [-0.39, 0.29) is 17.8 Å². The number of amides is 3. The Hall–Kier alpha value is -2.20. The van der Waals surface area contributed by atoms with Gasteiger partial charge in [0.2, 0.25) is 17.7 Å². The van der Waals surface area contributed by atoms with E-state index < -0.39 is 54.5 Å². The molecule has 0 fully saturated rings. The van der Waals surface area contributed by atoms with Gasteiger partial charge in [-0.05, 0) is 17.8 Å². The molecule has 0 aromatic rings. The van der Waals surface area contributed by atoms with Gasteiger partial charge < -0.3 is 31.9 Å². The molecule has 4 unspecified atom stereocenters. The van der Waals surface area contributed by atoms with Crippen molar-refractivity contribution in [3.8, 4) is 0 Å². The second kappa shape index (κ2) is 11.6. The summed E-state index contributed by atoms with van der Waals surface area (Å²) in [6, 6.07) is -4.29. The van der Waals surface area contributed by atoms with E-state index in [0.717, 1.165) is 0 Å². The summed E-state index contributed by atoms with van der Waals surface area (Å²) in [6.07, 6.45) is 0. The van der Waals surface area contributed by atoms with Crippen LogP contribution in [-0.2, 0) is 19.2 Å². The standard InChI is InChI=1S/C18H34N4O6/c1-8(2)12(19)16(25)20-11(7-23)15(24)21-13(9(3)4)17(26)22-14(10(5)6)18(27)28/h8-14,23H,7,19H2,1-6H3,(H,20,25)(H,21,24)(H,22,26)(H,27,28). The molecule has 10 nitrogen and oxygen atoms in total. The first-order chi connectivity index (χ1) is 12.8. The van der Waals surface area contributed by atoms with Gasteiger partial charge in [0.05, 0.1) is 12.6 Å². The molecule has 0 radical (unpaired) electrons. The molecule has 4 atom stereocenters. The summed E-state index contributed by atoms with van der Waals surface area (Å²) in [6.45, 7) is 9.46. The molecule has 28 heavy (non-hydrogen) atoms. The second-order valence-electron chi connectivity index (χ2n) is 7.81. The zero-order valence-electron chi connectivity index (χ0n) is 17.4. The van der Waals surface area contributed by atoms with Crippen molar-refractivity contribution < 1.29 is 29.4 Å². The molecule has 0 rings (SSSR count). The molecule has 0 spiro atoms. The molecule has 0 aliphatic heterocycles. The van der Waals surface area contributed by atoms with Gasteiger partial charge in [-0.15, -0.1) is 0 Å². The highest BCUT2D eigenvalue weighted by Crippen LogP contribution is 2.07. The average molecular weight is 402 g/mol. The fourth-order valence-corrected chi connectivity index (χ4v) is 2.31. The highest BCUT2D eigenvalue weighted by molar-refractivity contribution is 5.94. The lowest BCUT2D eigenvalue weighted by atomic mass is 10.00. The normalized spacial score (nSPS) is 15.7. The van der Waals surface area contributed by atoms with Gasteiger partial charge >= 0.3 is 5.97 Å². The highest BCUT2D eigenvalue weighted by atomic mass is 16.4. The molecule has 162 valence electrons. The van der Waals surface area contributed by atoms with Crippen LogP contribution in [0.4, 0.5) is 0 Å². The molecule has 0 heterocycles. The van der Waals surface area contributed by atoms with Gasteiger partial charge in [-0.3, -0.25) is 14.4 Å². The minimum absolute atomic E-state index is 0.166. The van der Waals surface area contributed by atoms with E-state index in [9.17, 15) is 29.4 Å². The summed E-state index contributed by atoms with van der Waals surface area (Å²) >= 11 is 0. The largest absolute Gasteiger partial charge is 0.480 e. The predicted molar refractivity (Wildman–Crippen MR) is 103 cm³/mol. The molecule has 0 bridgehead atoms. The summed E-state index contributed by atoms with van der Waals surface area (Å²) in [5.74, 6) is -4.09. The molecule has 0 aliphatic carbocycles. The third kappa shape index (κ3) is 7.81. The molecule has 10 heteroatoms. The second-order valence-corrected chi connectivity index (χ2v) is 7.81. The van der Waals surface area contributed by atoms with E-state index in [1.165, 1.54) is 0 Å². The van der Waals surface area contributed by atoms with Crippen LogP contribution in [0.2, 0.25) is 0 Å². The average Bonchev–Trinajstić information content (AvgIpc) is 2.59. The number of nitrogens with two attached hydrogens (primary N) is 1. The van der Waals surface area contributed by atoms with Gasteiger partial charge in [-0.2, -0.15) is 0 Å². The van der Waals surface area contributed by atoms with Gasteiger partial charge in [0.25, 0.3) is 0 Å². The Balaban J connectivity index is 5.20. The van der Waals surface area contributed by atoms with Crippen LogP contribution in [0.1, 0.15) is 41.5 Å². The molecule has 3 amide bonds. The molecule has 0 saturated heterocycles. The van der Waals surface area contributed by atoms with E-state index in [0.29, 0.717) is 0 Å². The van der Waals surface area contributed by atoms with Crippen molar-refractivity contribution in [3.63, 3.8) is 0 Å². The number of carboxylic acids is 1. The van der Waals surface area contributed by atoms with Gasteiger partial charge in [0.15, 0.2) is 0 Å². The van der Waals surface area contributed by atoms with Crippen molar-refractivity contribution in [3.05, 3.63) is 0 Å². The lowest BCUT2D eigenvalue weighted by Gasteiger charge is -2.27. The Bertz CT molecular complexity index is 564. The number of carboxylic acid groups (broad SMARTS) is 1. The molecule has 0 aromatic carbocycles. The maximum atomic E-state index is 12.5. The van der Waals surface area contributed by atoms with E-state index >= 15 is 0 Å². The molecular formula is C18H34N4O6. The number of hydrogen-bond acceptors (Lipinski definition) is 6. The van der Waals surface area contributed by atoms with Crippen LogP contribution in [0, 0.1) is 17.8 Å². The van der Waals surface area contributed by atoms with Crippen LogP contribution in [-0.4, -0.2) is 64.7 Å². The summed E-state index contributed by atoms with van der Waals surface area (Å²) in [5, 5.41) is 25.9. The Morgan fingerprint density at radius 1 is 0.750 bits per heavy atom. The predicted octanol–water partition coefficient (Wildman–Crippen LogP) is -1.19. The SMILES string of the molecule is CC(C)C(N)C(=O)NC(CO)C(=O)NC(C(=O)NC(C(=O)O)C(C)C)C(C)C. The monoisotopic (exact) mass is 402 g/mol. The summed E-state index contributed by atoms with van der Waals surface area (Å²) in [5.41, 5.74) is 5.73. The molecule has 0 aromatic heterocycles. The highest BCUT2D eigenvalue weighted by Gasteiger charge is 2.32. The quantitative estimate of drug-likeness (QED) is 0.252. The summed E-state index contributed by atoms with van der Waals surface area (Å²) in [7, 11) is 0. The number of aliphatic hydroxyl groups is 1. The third-order valence-electron chi connectivity index (χ3n) is 4.31. The Morgan fingerprint density at radius 3 is 1.57 bits per heavy atom. The first kappa shape index (κ1) is 25.8. The van der Waals surface area contributed by atoms with Crippen molar-refractivity contribution in [2.45, 2.75) is 65.7 Å². The smallest absolute Gasteiger partial charge is 0.326 e. The van der Waals surface area contributed by atoms with Crippen LogP contribution in [0.3, 0.4) is 0 Å². The van der Waals surface area contributed by atoms with Crippen molar-refractivity contribution in [2.75, 3.05) is 6.61 Å². The van der Waals surface area contributed by atoms with Gasteiger partial charge in [0.1, 0.15) is 18.1 Å². The number of nitrogens with one attached hydrogen (secondary N) is 3. The van der Waals surface area contributed by atoms with Crippen molar-refractivity contribution in [1.82, 2.24) is 16.0 Å². The number of hydrogen-bond donors (Lipinski definition) is 6. The van der Waals surface area contributed by atoms with Crippen molar-refractivity contribution in [2.24, 2.45) is 23.5 Å². The van der Waals surface area contributed by atoms with E-state index in [2.05, 4.69) is 16.0 Å². The molecular weight excluding hydrogens is 368 g/mol. The van der Waals surface area contributed by atoms with Crippen LogP contribution < -0.4 is 21.7 Å². The molecule has 0 aliphatic rings. The number of aliphatic hydroxyl groups excluding tert-OH is 1. The van der Waals surface area contributed by atoms with Crippen LogP contribution in [0.5, 0.6) is 0 Å². The van der Waals surface area contributed by atoms with Crippen molar-refractivity contribution in [1.29, 1.82) is 0 Å². The summed E-state index contributed by atoms with van der Waals surface area (Å²) < 4.78 is 0. The maximum absolute atomic E-state index is 12.5. The minimum Gasteiger partial charge on any atom is -0.480 e. The fraction of sp³-hybridized carbons (Fsp3) is 0.778. The van der Waals surface area contributed by atoms with Crippen LogP contribution in [0.15, 0.2) is 0 Å². The van der Waals surface area contributed by atoms with Gasteiger partial charge in [-0.1, -0.05) is 41.5 Å². The first-order valence-electron chi connectivity index (χ1n) is 9.33. The maximum Gasteiger partial charge on any atom is 0.326 e. The van der Waals surface area contributed by atoms with Crippen LogP contribution >= 0.6 is 0 Å². The van der Waals surface area contributed by atoms with E-state index in [1.807, 2.05) is 0 Å². The summed E-state index contributed by atoms with van der Waals surface area (Å²) in [4.78, 5) is 48.3. The van der Waals surface area contributed by atoms with Crippen LogP contribution in [0.25, 0.3) is 0 Å². The number of aliphatic carboxylic acids is 1. The zero-order valence-corrected chi connectivity index (χ0v) is 17.4. The zero-order chi connectivity index (χ0) is 22.2.